The number of fused-ring (bicyclic) bond motifs is 1. The van der Waals surface area contributed by atoms with Crippen LogP contribution in [-0.4, -0.2) is 23.7 Å². The van der Waals surface area contributed by atoms with Crippen LogP contribution in [-0.2, 0) is 6.42 Å². The minimum Gasteiger partial charge on any atom is -0.468 e. The summed E-state index contributed by atoms with van der Waals surface area (Å²) in [5.74, 6) is -0.462. The van der Waals surface area contributed by atoms with Crippen LogP contribution in [0.2, 0.25) is 0 Å². The Kier molecular flexibility index (Phi) is 4.75. The summed E-state index contributed by atoms with van der Waals surface area (Å²) in [6, 6.07) is 4.66. The summed E-state index contributed by atoms with van der Waals surface area (Å²) in [4.78, 5) is 17.3. The molecule has 0 unspecified atom stereocenters. The molecule has 24 heavy (non-hydrogen) atoms. The fraction of sp³-hybridized carbons (Fsp3) is 0.375. The number of hydrogen-bond acceptors (Lipinski definition) is 4. The molecule has 128 valence electrons. The maximum atomic E-state index is 12.3. The Bertz CT molecular complexity index is 713. The van der Waals surface area contributed by atoms with E-state index in [0.29, 0.717) is 0 Å². The first-order chi connectivity index (χ1) is 11.4. The van der Waals surface area contributed by atoms with E-state index in [-0.39, 0.29) is 23.4 Å². The van der Waals surface area contributed by atoms with E-state index in [9.17, 15) is 18.0 Å². The highest BCUT2D eigenvalue weighted by molar-refractivity contribution is 7.10. The summed E-state index contributed by atoms with van der Waals surface area (Å²) >= 11 is 1.69. The number of halogens is 3. The Morgan fingerprint density at radius 1 is 1.38 bits per heavy atom. The minimum absolute atomic E-state index is 0.0337. The normalized spacial score (nSPS) is 17.2. The maximum Gasteiger partial charge on any atom is 0.422 e. The second kappa shape index (κ2) is 6.80. The second-order valence-electron chi connectivity index (χ2n) is 5.51. The number of pyridine rings is 1. The largest absolute Gasteiger partial charge is 0.468 e. The first kappa shape index (κ1) is 16.8. The van der Waals surface area contributed by atoms with E-state index < -0.39 is 12.8 Å². The van der Waals surface area contributed by atoms with Crippen LogP contribution < -0.4 is 10.1 Å². The molecule has 0 saturated heterocycles. The van der Waals surface area contributed by atoms with Crippen LogP contribution in [0.25, 0.3) is 0 Å². The number of amides is 1. The predicted octanol–water partition coefficient (Wildman–Crippen LogP) is 3.89. The van der Waals surface area contributed by atoms with Gasteiger partial charge in [0.25, 0.3) is 5.91 Å². The molecule has 0 aromatic carbocycles. The van der Waals surface area contributed by atoms with Gasteiger partial charge in [-0.3, -0.25) is 4.79 Å². The van der Waals surface area contributed by atoms with E-state index in [1.54, 1.807) is 11.3 Å². The zero-order chi connectivity index (χ0) is 17.2. The Morgan fingerprint density at radius 3 is 2.92 bits per heavy atom. The van der Waals surface area contributed by atoms with E-state index in [1.807, 2.05) is 11.4 Å². The molecule has 3 rings (SSSR count). The molecular weight excluding hydrogens is 341 g/mol. The highest BCUT2D eigenvalue weighted by atomic mass is 32.1. The fourth-order valence-electron chi connectivity index (χ4n) is 2.63. The van der Waals surface area contributed by atoms with Gasteiger partial charge in [-0.2, -0.15) is 13.2 Å². The number of hydrogen-bond donors (Lipinski definition) is 1. The molecule has 1 aliphatic carbocycles. The first-order valence-corrected chi connectivity index (χ1v) is 8.33. The third kappa shape index (κ3) is 4.05. The lowest BCUT2D eigenvalue weighted by Crippen LogP contribution is -2.30. The molecule has 1 aliphatic rings. The number of rotatable bonds is 4. The molecule has 1 atom stereocenters. The van der Waals surface area contributed by atoms with Crippen LogP contribution in [0.5, 0.6) is 5.88 Å². The number of carbonyl (C=O) groups is 1. The second-order valence-corrected chi connectivity index (χ2v) is 6.51. The van der Waals surface area contributed by atoms with Gasteiger partial charge in [0.2, 0.25) is 5.88 Å². The van der Waals surface area contributed by atoms with Crippen molar-refractivity contribution < 1.29 is 22.7 Å². The molecule has 4 nitrogen and oxygen atoms in total. The maximum absolute atomic E-state index is 12.3. The van der Waals surface area contributed by atoms with Crippen LogP contribution >= 0.6 is 11.3 Å². The lowest BCUT2D eigenvalue weighted by molar-refractivity contribution is -0.154. The smallest absolute Gasteiger partial charge is 0.422 e. The van der Waals surface area contributed by atoms with Crippen LogP contribution in [0.4, 0.5) is 13.2 Å². The summed E-state index contributed by atoms with van der Waals surface area (Å²) in [5, 5.41) is 4.98. The van der Waals surface area contributed by atoms with Gasteiger partial charge in [-0.1, -0.05) is 0 Å². The van der Waals surface area contributed by atoms with Crippen molar-refractivity contribution in [3.63, 3.8) is 0 Å². The molecular formula is C16H15F3N2O2S. The van der Waals surface area contributed by atoms with E-state index in [2.05, 4.69) is 15.0 Å². The lowest BCUT2D eigenvalue weighted by Gasteiger charge is -2.23. The highest BCUT2D eigenvalue weighted by Crippen LogP contribution is 2.33. The number of aromatic nitrogens is 1. The minimum atomic E-state index is -4.42. The van der Waals surface area contributed by atoms with Gasteiger partial charge in [-0.15, -0.1) is 11.3 Å². The summed E-state index contributed by atoms with van der Waals surface area (Å²) in [7, 11) is 0. The molecule has 0 spiro atoms. The highest BCUT2D eigenvalue weighted by Gasteiger charge is 2.28. The topological polar surface area (TPSA) is 51.2 Å². The molecule has 2 aromatic rings. The molecule has 8 heteroatoms. The molecule has 0 fully saturated rings. The van der Waals surface area contributed by atoms with Gasteiger partial charge in [-0.05, 0) is 42.3 Å². The van der Waals surface area contributed by atoms with Crippen LogP contribution in [0.3, 0.4) is 0 Å². The number of alkyl halides is 3. The van der Waals surface area contributed by atoms with Crippen molar-refractivity contribution in [2.75, 3.05) is 6.61 Å². The van der Waals surface area contributed by atoms with E-state index in [1.165, 1.54) is 23.2 Å². The standard InChI is InChI=1S/C16H15F3N2O2S/c17-16(18,19)9-23-14-5-4-10(8-20-14)15(22)21-12-2-1-3-13-11(12)6-7-24-13/h4-8,12H,1-3,9H2,(H,21,22)/t12-/m1/s1. The van der Waals surface area contributed by atoms with E-state index in [4.69, 9.17) is 0 Å². The Hall–Kier alpha value is -2.09. The van der Waals surface area contributed by atoms with Crippen molar-refractivity contribution in [3.8, 4) is 5.88 Å². The lowest BCUT2D eigenvalue weighted by atomic mass is 9.94. The third-order valence-electron chi connectivity index (χ3n) is 3.74. The van der Waals surface area contributed by atoms with E-state index >= 15 is 0 Å². The van der Waals surface area contributed by atoms with Crippen LogP contribution in [0.15, 0.2) is 29.8 Å². The quantitative estimate of drug-likeness (QED) is 0.904. The third-order valence-corrected chi connectivity index (χ3v) is 4.74. The molecule has 2 aromatic heterocycles. The Morgan fingerprint density at radius 2 is 2.21 bits per heavy atom. The first-order valence-electron chi connectivity index (χ1n) is 7.45. The van der Waals surface area contributed by atoms with Gasteiger partial charge in [-0.25, -0.2) is 4.98 Å². The molecule has 0 bridgehead atoms. The van der Waals surface area contributed by atoms with Crippen molar-refractivity contribution in [3.05, 3.63) is 45.8 Å². The molecule has 2 heterocycles. The average Bonchev–Trinajstić information content (AvgIpc) is 3.02. The fourth-order valence-corrected chi connectivity index (χ4v) is 3.62. The number of nitrogens with zero attached hydrogens (tertiary/aromatic N) is 1. The molecule has 0 saturated carbocycles. The zero-order valence-corrected chi connectivity index (χ0v) is 13.4. The summed E-state index contributed by atoms with van der Waals surface area (Å²) in [5.41, 5.74) is 1.44. The molecule has 1 amide bonds. The number of carbonyl (C=O) groups excluding carboxylic acids is 1. The number of nitrogens with one attached hydrogen (secondary N) is 1. The van der Waals surface area contributed by atoms with Gasteiger partial charge in [0.05, 0.1) is 11.6 Å². The van der Waals surface area contributed by atoms with Crippen molar-refractivity contribution >= 4 is 17.2 Å². The van der Waals surface area contributed by atoms with Crippen LogP contribution in [0, 0.1) is 0 Å². The number of aryl methyl sites for hydroxylation is 1. The van der Waals surface area contributed by atoms with Crippen molar-refractivity contribution in [1.29, 1.82) is 0 Å². The summed E-state index contributed by atoms with van der Waals surface area (Å²) < 4.78 is 40.8. The molecule has 1 N–H and O–H groups in total. The zero-order valence-electron chi connectivity index (χ0n) is 12.6. The SMILES string of the molecule is O=C(N[C@@H]1CCCc2sccc21)c1ccc(OCC(F)(F)F)nc1. The molecule has 0 aliphatic heterocycles. The summed E-state index contributed by atoms with van der Waals surface area (Å²) in [6.07, 6.45) is -0.280. The number of thiophene rings is 1. The van der Waals surface area contributed by atoms with Gasteiger partial charge in [0, 0.05) is 17.1 Å². The van der Waals surface area contributed by atoms with Gasteiger partial charge in [0.1, 0.15) is 0 Å². The van der Waals surface area contributed by atoms with Crippen molar-refractivity contribution in [2.45, 2.75) is 31.5 Å². The molecule has 0 radical (unpaired) electrons. The average molecular weight is 356 g/mol. The van der Waals surface area contributed by atoms with Crippen LogP contribution in [0.1, 0.15) is 39.7 Å². The van der Waals surface area contributed by atoms with Crippen molar-refractivity contribution in [1.82, 2.24) is 10.3 Å². The van der Waals surface area contributed by atoms with Crippen molar-refractivity contribution in [2.24, 2.45) is 0 Å². The Balaban J connectivity index is 1.62. The van der Waals surface area contributed by atoms with E-state index in [0.717, 1.165) is 24.8 Å². The Labute approximate surface area is 140 Å². The monoisotopic (exact) mass is 356 g/mol. The van der Waals surface area contributed by atoms with Gasteiger partial charge >= 0.3 is 6.18 Å². The van der Waals surface area contributed by atoms with Gasteiger partial charge in [0.15, 0.2) is 6.61 Å². The van der Waals surface area contributed by atoms with Gasteiger partial charge < -0.3 is 10.1 Å². The summed E-state index contributed by atoms with van der Waals surface area (Å²) in [6.45, 7) is -1.41. The predicted molar refractivity (Wildman–Crippen MR) is 83.3 cm³/mol. The number of ether oxygens (including phenoxy) is 1.